The van der Waals surface area contributed by atoms with Crippen LogP contribution in [0.1, 0.15) is 44.7 Å². The van der Waals surface area contributed by atoms with Crippen molar-refractivity contribution < 1.29 is 14.7 Å². The van der Waals surface area contributed by atoms with Crippen LogP contribution < -0.4 is 5.32 Å². The van der Waals surface area contributed by atoms with E-state index in [0.717, 1.165) is 12.8 Å². The quantitative estimate of drug-likeness (QED) is 0.910. The van der Waals surface area contributed by atoms with E-state index in [1.807, 2.05) is 18.2 Å². The molecule has 0 aromatic heterocycles. The Morgan fingerprint density at radius 1 is 0.864 bits per heavy atom. The summed E-state index contributed by atoms with van der Waals surface area (Å²) in [4.78, 5) is 23.1. The van der Waals surface area contributed by atoms with Crippen molar-refractivity contribution in [2.75, 3.05) is 5.32 Å². The van der Waals surface area contributed by atoms with Gasteiger partial charge in [0.15, 0.2) is 0 Å². The summed E-state index contributed by atoms with van der Waals surface area (Å²) in [6.45, 7) is 0. The maximum atomic E-state index is 12.3. The molecule has 0 unspecified atom stereocenters. The Morgan fingerprint density at radius 3 is 2.18 bits per heavy atom. The first-order valence-corrected chi connectivity index (χ1v) is 7.40. The van der Waals surface area contributed by atoms with Crippen LogP contribution in [0.2, 0.25) is 0 Å². The largest absolute Gasteiger partial charge is 0.478 e. The molecule has 1 aliphatic carbocycles. The average Bonchev–Trinajstić information content (AvgIpc) is 2.55. The SMILES string of the molecule is O=C(O)c1ccc(NC(=O)c2ccc3c(c2)CCCC3)cc1. The molecule has 1 aliphatic rings. The fourth-order valence-corrected chi connectivity index (χ4v) is 2.77. The molecule has 1 amide bonds. The number of carboxylic acid groups (broad SMARTS) is 1. The number of fused-ring (bicyclic) bond motifs is 1. The number of carbonyl (C=O) groups is 2. The van der Waals surface area contributed by atoms with E-state index in [9.17, 15) is 9.59 Å². The van der Waals surface area contributed by atoms with Crippen LogP contribution in [-0.4, -0.2) is 17.0 Å². The van der Waals surface area contributed by atoms with Gasteiger partial charge in [-0.2, -0.15) is 0 Å². The molecule has 0 bridgehead atoms. The van der Waals surface area contributed by atoms with Crippen molar-refractivity contribution in [3.8, 4) is 0 Å². The van der Waals surface area contributed by atoms with Crippen LogP contribution in [-0.2, 0) is 12.8 Å². The van der Waals surface area contributed by atoms with Crippen LogP contribution in [0.25, 0.3) is 0 Å². The zero-order valence-electron chi connectivity index (χ0n) is 12.1. The van der Waals surface area contributed by atoms with Crippen LogP contribution in [0.4, 0.5) is 5.69 Å². The molecular formula is C18H17NO3. The van der Waals surface area contributed by atoms with Crippen molar-refractivity contribution >= 4 is 17.6 Å². The normalized spacial score (nSPS) is 13.3. The van der Waals surface area contributed by atoms with Gasteiger partial charge in [0, 0.05) is 11.3 Å². The van der Waals surface area contributed by atoms with Crippen molar-refractivity contribution in [2.24, 2.45) is 0 Å². The molecule has 112 valence electrons. The van der Waals surface area contributed by atoms with E-state index in [1.165, 1.54) is 36.1 Å². The van der Waals surface area contributed by atoms with Gasteiger partial charge in [-0.3, -0.25) is 4.79 Å². The van der Waals surface area contributed by atoms with Crippen molar-refractivity contribution in [2.45, 2.75) is 25.7 Å². The van der Waals surface area contributed by atoms with Gasteiger partial charge < -0.3 is 10.4 Å². The van der Waals surface area contributed by atoms with Gasteiger partial charge in [0.2, 0.25) is 0 Å². The monoisotopic (exact) mass is 295 g/mol. The third-order valence-electron chi connectivity index (χ3n) is 4.00. The Balaban J connectivity index is 1.75. The zero-order valence-corrected chi connectivity index (χ0v) is 12.1. The molecule has 0 heterocycles. The highest BCUT2D eigenvalue weighted by Gasteiger charge is 2.13. The van der Waals surface area contributed by atoms with Crippen LogP contribution in [0.15, 0.2) is 42.5 Å². The van der Waals surface area contributed by atoms with E-state index in [-0.39, 0.29) is 11.5 Å². The van der Waals surface area contributed by atoms with Gasteiger partial charge in [0.25, 0.3) is 5.91 Å². The van der Waals surface area contributed by atoms with Crippen molar-refractivity contribution in [3.05, 3.63) is 64.7 Å². The fraction of sp³-hybridized carbons (Fsp3) is 0.222. The van der Waals surface area contributed by atoms with Gasteiger partial charge in [-0.1, -0.05) is 6.07 Å². The summed E-state index contributed by atoms with van der Waals surface area (Å²) in [7, 11) is 0. The number of benzene rings is 2. The van der Waals surface area contributed by atoms with Crippen LogP contribution >= 0.6 is 0 Å². The first-order valence-electron chi connectivity index (χ1n) is 7.40. The summed E-state index contributed by atoms with van der Waals surface area (Å²) in [5, 5.41) is 11.7. The Kier molecular flexibility index (Phi) is 3.92. The summed E-state index contributed by atoms with van der Waals surface area (Å²) in [6, 6.07) is 12.0. The number of rotatable bonds is 3. The Bertz CT molecular complexity index is 720. The summed E-state index contributed by atoms with van der Waals surface area (Å²) >= 11 is 0. The molecule has 0 aliphatic heterocycles. The molecular weight excluding hydrogens is 278 g/mol. The van der Waals surface area contributed by atoms with Gasteiger partial charge in [-0.05, 0) is 73.2 Å². The minimum Gasteiger partial charge on any atom is -0.478 e. The first kappa shape index (κ1) is 14.3. The third kappa shape index (κ3) is 3.01. The Morgan fingerprint density at radius 2 is 1.50 bits per heavy atom. The molecule has 2 N–H and O–H groups in total. The molecule has 2 aromatic carbocycles. The molecule has 2 aromatic rings. The van der Waals surface area contributed by atoms with Crippen molar-refractivity contribution in [3.63, 3.8) is 0 Å². The van der Waals surface area contributed by atoms with Crippen molar-refractivity contribution in [1.82, 2.24) is 0 Å². The lowest BCUT2D eigenvalue weighted by molar-refractivity contribution is 0.0696. The van der Waals surface area contributed by atoms with Gasteiger partial charge >= 0.3 is 5.97 Å². The zero-order chi connectivity index (χ0) is 15.5. The predicted molar refractivity (Wildman–Crippen MR) is 84.4 cm³/mol. The van der Waals surface area contributed by atoms with Crippen molar-refractivity contribution in [1.29, 1.82) is 0 Å². The number of nitrogens with one attached hydrogen (secondary N) is 1. The number of hydrogen-bond acceptors (Lipinski definition) is 2. The van der Waals surface area contributed by atoms with Crippen LogP contribution in [0, 0.1) is 0 Å². The maximum Gasteiger partial charge on any atom is 0.335 e. The van der Waals surface area contributed by atoms with Gasteiger partial charge in [0.1, 0.15) is 0 Å². The highest BCUT2D eigenvalue weighted by molar-refractivity contribution is 6.04. The van der Waals surface area contributed by atoms with E-state index in [1.54, 1.807) is 12.1 Å². The second-order valence-electron chi connectivity index (χ2n) is 5.53. The smallest absolute Gasteiger partial charge is 0.335 e. The number of amides is 1. The molecule has 0 saturated heterocycles. The van der Waals surface area contributed by atoms with E-state index < -0.39 is 5.97 Å². The molecule has 4 nitrogen and oxygen atoms in total. The van der Waals surface area contributed by atoms with E-state index >= 15 is 0 Å². The minimum atomic E-state index is -0.979. The average molecular weight is 295 g/mol. The van der Waals surface area contributed by atoms with E-state index in [2.05, 4.69) is 5.32 Å². The van der Waals surface area contributed by atoms with E-state index in [0.29, 0.717) is 11.3 Å². The second-order valence-corrected chi connectivity index (χ2v) is 5.53. The second kappa shape index (κ2) is 6.02. The lowest BCUT2D eigenvalue weighted by Gasteiger charge is -2.16. The summed E-state index contributed by atoms with van der Waals surface area (Å²) in [5.41, 5.74) is 4.04. The van der Waals surface area contributed by atoms with E-state index in [4.69, 9.17) is 5.11 Å². The number of aryl methyl sites for hydroxylation is 2. The summed E-state index contributed by atoms with van der Waals surface area (Å²) < 4.78 is 0. The fourth-order valence-electron chi connectivity index (χ4n) is 2.77. The highest BCUT2D eigenvalue weighted by atomic mass is 16.4. The molecule has 22 heavy (non-hydrogen) atoms. The van der Waals surface area contributed by atoms with Gasteiger partial charge in [-0.25, -0.2) is 4.79 Å². The molecule has 0 fully saturated rings. The first-order chi connectivity index (χ1) is 10.6. The van der Waals surface area contributed by atoms with Crippen LogP contribution in [0.5, 0.6) is 0 Å². The number of carbonyl (C=O) groups excluding carboxylic acids is 1. The minimum absolute atomic E-state index is 0.170. The number of aromatic carboxylic acids is 1. The molecule has 0 radical (unpaired) electrons. The molecule has 0 atom stereocenters. The van der Waals surface area contributed by atoms with Gasteiger partial charge in [0.05, 0.1) is 5.56 Å². The molecule has 3 rings (SSSR count). The highest BCUT2D eigenvalue weighted by Crippen LogP contribution is 2.22. The number of hydrogen-bond donors (Lipinski definition) is 2. The van der Waals surface area contributed by atoms with Gasteiger partial charge in [-0.15, -0.1) is 0 Å². The molecule has 0 spiro atoms. The molecule has 0 saturated carbocycles. The number of anilines is 1. The molecule has 4 heteroatoms. The number of carboxylic acids is 1. The Hall–Kier alpha value is -2.62. The Labute approximate surface area is 128 Å². The third-order valence-corrected chi connectivity index (χ3v) is 4.00. The lowest BCUT2D eigenvalue weighted by atomic mass is 9.90. The summed E-state index contributed by atoms with van der Waals surface area (Å²) in [5.74, 6) is -1.15. The van der Waals surface area contributed by atoms with Crippen LogP contribution in [0.3, 0.4) is 0 Å². The predicted octanol–water partition coefficient (Wildman–Crippen LogP) is 3.52. The summed E-state index contributed by atoms with van der Waals surface area (Å²) in [6.07, 6.45) is 4.51. The topological polar surface area (TPSA) is 66.4 Å². The maximum absolute atomic E-state index is 12.3. The lowest BCUT2D eigenvalue weighted by Crippen LogP contribution is -2.13. The standard InChI is InChI=1S/C18H17NO3/c20-17(19-16-9-7-13(8-10-16)18(21)22)15-6-5-12-3-1-2-4-14(12)11-15/h5-11H,1-4H2,(H,19,20)(H,21,22).